The lowest BCUT2D eigenvalue weighted by molar-refractivity contribution is 0.103. The highest BCUT2D eigenvalue weighted by atomic mass is 32.1. The quantitative estimate of drug-likeness (QED) is 0.671. The summed E-state index contributed by atoms with van der Waals surface area (Å²) in [5.74, 6) is -0.0196. The molecular weight excluding hydrogens is 337 g/mol. The van der Waals surface area contributed by atoms with Crippen molar-refractivity contribution in [1.82, 2.24) is 0 Å². The van der Waals surface area contributed by atoms with Gasteiger partial charge in [0.1, 0.15) is 18.2 Å². The number of thiophene rings is 1. The average molecular weight is 355 g/mol. The molecule has 128 valence electrons. The molecule has 0 aliphatic carbocycles. The molecule has 3 rings (SSSR count). The predicted molar refractivity (Wildman–Crippen MR) is 98.9 cm³/mol. The van der Waals surface area contributed by atoms with Crippen molar-refractivity contribution < 1.29 is 13.9 Å². The Balaban J connectivity index is 1.62. The van der Waals surface area contributed by atoms with Crippen molar-refractivity contribution in [3.8, 4) is 5.75 Å². The van der Waals surface area contributed by atoms with Crippen LogP contribution < -0.4 is 10.1 Å². The van der Waals surface area contributed by atoms with Gasteiger partial charge in [0.25, 0.3) is 5.91 Å². The van der Waals surface area contributed by atoms with Crippen LogP contribution in [0.4, 0.5) is 10.1 Å². The van der Waals surface area contributed by atoms with E-state index in [1.807, 2.05) is 37.4 Å². The summed E-state index contributed by atoms with van der Waals surface area (Å²) in [5, 5.41) is 4.77. The Labute approximate surface area is 150 Å². The Morgan fingerprint density at radius 3 is 2.72 bits per heavy atom. The fraction of sp³-hybridized carbons (Fsp3) is 0.150. The van der Waals surface area contributed by atoms with Gasteiger partial charge in [0.2, 0.25) is 0 Å². The molecule has 0 unspecified atom stereocenters. The van der Waals surface area contributed by atoms with E-state index in [0.717, 1.165) is 16.8 Å². The number of hydrogen-bond donors (Lipinski definition) is 1. The van der Waals surface area contributed by atoms with Gasteiger partial charge in [-0.3, -0.25) is 4.79 Å². The molecule has 3 nitrogen and oxygen atoms in total. The maximum Gasteiger partial charge on any atom is 0.265 e. The van der Waals surface area contributed by atoms with Crippen LogP contribution in [0.2, 0.25) is 0 Å². The number of anilines is 1. The first-order valence-corrected chi connectivity index (χ1v) is 8.73. The summed E-state index contributed by atoms with van der Waals surface area (Å²) in [6, 6.07) is 13.6. The van der Waals surface area contributed by atoms with Crippen LogP contribution in [0, 0.1) is 19.7 Å². The zero-order valence-electron chi connectivity index (χ0n) is 14.0. The van der Waals surface area contributed by atoms with Crippen LogP contribution in [-0.4, -0.2) is 5.91 Å². The van der Waals surface area contributed by atoms with E-state index < -0.39 is 0 Å². The summed E-state index contributed by atoms with van der Waals surface area (Å²) in [5.41, 5.74) is 3.97. The minimum absolute atomic E-state index is 0.148. The fourth-order valence-corrected chi connectivity index (χ4v) is 3.10. The minimum atomic E-state index is -0.337. The molecule has 0 aliphatic rings. The van der Waals surface area contributed by atoms with E-state index in [1.54, 1.807) is 18.2 Å². The SMILES string of the molecule is Cc1ccc(NC(=O)c2cc(COc3cccc(F)c3)cs2)cc1C. The highest BCUT2D eigenvalue weighted by Gasteiger charge is 2.10. The number of ether oxygens (including phenoxy) is 1. The van der Waals surface area contributed by atoms with E-state index in [2.05, 4.69) is 5.32 Å². The van der Waals surface area contributed by atoms with Gasteiger partial charge in [-0.25, -0.2) is 4.39 Å². The third kappa shape index (κ3) is 4.45. The predicted octanol–water partition coefficient (Wildman–Crippen LogP) is 5.34. The molecule has 0 spiro atoms. The molecule has 0 saturated carbocycles. The van der Waals surface area contributed by atoms with Crippen molar-refractivity contribution in [1.29, 1.82) is 0 Å². The second-order valence-corrected chi connectivity index (χ2v) is 6.73. The van der Waals surface area contributed by atoms with Crippen molar-refractivity contribution in [2.75, 3.05) is 5.32 Å². The van der Waals surface area contributed by atoms with E-state index in [0.29, 0.717) is 10.6 Å². The van der Waals surface area contributed by atoms with Crippen molar-refractivity contribution in [3.05, 3.63) is 81.3 Å². The zero-order valence-corrected chi connectivity index (χ0v) is 14.8. The number of aryl methyl sites for hydroxylation is 2. The highest BCUT2D eigenvalue weighted by Crippen LogP contribution is 2.21. The molecular formula is C20H18FNO2S. The molecule has 0 saturated heterocycles. The van der Waals surface area contributed by atoms with Crippen LogP contribution in [0.1, 0.15) is 26.4 Å². The van der Waals surface area contributed by atoms with Gasteiger partial charge in [-0.05, 0) is 60.7 Å². The van der Waals surface area contributed by atoms with Crippen molar-refractivity contribution in [3.63, 3.8) is 0 Å². The van der Waals surface area contributed by atoms with Crippen molar-refractivity contribution in [2.45, 2.75) is 20.5 Å². The number of benzene rings is 2. The summed E-state index contributed by atoms with van der Waals surface area (Å²) in [4.78, 5) is 13.0. The lowest BCUT2D eigenvalue weighted by Crippen LogP contribution is -2.10. The van der Waals surface area contributed by atoms with Crippen LogP contribution >= 0.6 is 11.3 Å². The number of carbonyl (C=O) groups excluding carboxylic acids is 1. The number of hydrogen-bond acceptors (Lipinski definition) is 3. The third-order valence-corrected chi connectivity index (χ3v) is 4.82. The molecule has 3 aromatic rings. The number of rotatable bonds is 5. The molecule has 0 atom stereocenters. The van der Waals surface area contributed by atoms with E-state index in [4.69, 9.17) is 4.74 Å². The molecule has 0 bridgehead atoms. The summed E-state index contributed by atoms with van der Waals surface area (Å²) >= 11 is 1.36. The average Bonchev–Trinajstić information content (AvgIpc) is 3.06. The second-order valence-electron chi connectivity index (χ2n) is 5.82. The molecule has 1 heterocycles. The number of halogens is 1. The third-order valence-electron chi connectivity index (χ3n) is 3.84. The first-order valence-electron chi connectivity index (χ1n) is 7.85. The van der Waals surface area contributed by atoms with Crippen LogP contribution in [0.5, 0.6) is 5.75 Å². The van der Waals surface area contributed by atoms with Gasteiger partial charge in [-0.2, -0.15) is 0 Å². The molecule has 0 aliphatic heterocycles. The Kier molecular flexibility index (Phi) is 5.14. The van der Waals surface area contributed by atoms with E-state index in [9.17, 15) is 9.18 Å². The summed E-state index contributed by atoms with van der Waals surface area (Å²) in [6.07, 6.45) is 0. The first-order chi connectivity index (χ1) is 12.0. The lowest BCUT2D eigenvalue weighted by atomic mass is 10.1. The Morgan fingerprint density at radius 2 is 1.96 bits per heavy atom. The van der Waals surface area contributed by atoms with E-state index in [-0.39, 0.29) is 18.3 Å². The first kappa shape index (κ1) is 17.2. The second kappa shape index (κ2) is 7.49. The standard InChI is InChI=1S/C20H18FNO2S/c1-13-6-7-17(8-14(13)2)22-20(23)19-9-15(12-25-19)11-24-18-5-3-4-16(21)10-18/h3-10,12H,11H2,1-2H3,(H,22,23). The number of carbonyl (C=O) groups is 1. The number of nitrogens with one attached hydrogen (secondary N) is 1. The van der Waals surface area contributed by atoms with Gasteiger partial charge >= 0.3 is 0 Å². The van der Waals surface area contributed by atoms with Crippen molar-refractivity contribution in [2.24, 2.45) is 0 Å². The van der Waals surface area contributed by atoms with Gasteiger partial charge < -0.3 is 10.1 Å². The van der Waals surface area contributed by atoms with Crippen LogP contribution in [0.25, 0.3) is 0 Å². The Bertz CT molecular complexity index is 904. The lowest BCUT2D eigenvalue weighted by Gasteiger charge is -2.06. The van der Waals surface area contributed by atoms with Crippen LogP contribution in [0.15, 0.2) is 53.9 Å². The van der Waals surface area contributed by atoms with Crippen molar-refractivity contribution >= 4 is 22.9 Å². The van der Waals surface area contributed by atoms with Gasteiger partial charge in [-0.15, -0.1) is 11.3 Å². The van der Waals surface area contributed by atoms with Gasteiger partial charge in [0.15, 0.2) is 0 Å². The van der Waals surface area contributed by atoms with E-state index >= 15 is 0 Å². The normalized spacial score (nSPS) is 10.5. The maximum atomic E-state index is 13.1. The molecule has 25 heavy (non-hydrogen) atoms. The van der Waals surface area contributed by atoms with Gasteiger partial charge in [0, 0.05) is 17.3 Å². The smallest absolute Gasteiger partial charge is 0.265 e. The molecule has 1 N–H and O–H groups in total. The molecule has 0 fully saturated rings. The largest absolute Gasteiger partial charge is 0.489 e. The monoisotopic (exact) mass is 355 g/mol. The molecule has 1 aromatic heterocycles. The summed E-state index contributed by atoms with van der Waals surface area (Å²) in [7, 11) is 0. The Hall–Kier alpha value is -2.66. The van der Waals surface area contributed by atoms with Crippen LogP contribution in [-0.2, 0) is 6.61 Å². The zero-order chi connectivity index (χ0) is 17.8. The van der Waals surface area contributed by atoms with Crippen LogP contribution in [0.3, 0.4) is 0 Å². The molecule has 5 heteroatoms. The highest BCUT2D eigenvalue weighted by molar-refractivity contribution is 7.12. The summed E-state index contributed by atoms with van der Waals surface area (Å²) in [6.45, 7) is 4.33. The summed E-state index contributed by atoms with van der Waals surface area (Å²) < 4.78 is 18.7. The molecule has 2 aromatic carbocycles. The Morgan fingerprint density at radius 1 is 1.12 bits per heavy atom. The van der Waals surface area contributed by atoms with Gasteiger partial charge in [-0.1, -0.05) is 12.1 Å². The van der Waals surface area contributed by atoms with E-state index in [1.165, 1.54) is 29.0 Å². The van der Waals surface area contributed by atoms with Gasteiger partial charge in [0.05, 0.1) is 4.88 Å². The topological polar surface area (TPSA) is 38.3 Å². The number of amides is 1. The molecule has 1 amide bonds. The fourth-order valence-electron chi connectivity index (χ4n) is 2.31. The maximum absolute atomic E-state index is 13.1. The molecule has 0 radical (unpaired) electrons. The minimum Gasteiger partial charge on any atom is -0.489 e.